The van der Waals surface area contributed by atoms with Gasteiger partial charge in [0.15, 0.2) is 0 Å². The molecule has 0 amide bonds. The molecule has 2 fully saturated rings. The molecule has 2 saturated carbocycles. The van der Waals surface area contributed by atoms with Crippen molar-refractivity contribution in [3.8, 4) is 0 Å². The molecule has 0 aromatic heterocycles. The minimum Gasteiger partial charge on any atom is -0.299 e. The third-order valence-corrected chi connectivity index (χ3v) is 6.86. The summed E-state index contributed by atoms with van der Waals surface area (Å²) < 4.78 is 14.2. The zero-order chi connectivity index (χ0) is 19.2. The molecule has 1 heterocycles. The molecular weight excluding hydrogens is 333 g/mol. The Bertz CT molecular complexity index is 710. The first kappa shape index (κ1) is 19.2. The van der Waals surface area contributed by atoms with Crippen LogP contribution in [0.15, 0.2) is 24.3 Å². The minimum atomic E-state index is -0.0818. The maximum absolute atomic E-state index is 14.2. The number of benzene rings is 1. The van der Waals surface area contributed by atoms with Crippen LogP contribution in [0.2, 0.25) is 0 Å². The van der Waals surface area contributed by atoms with Gasteiger partial charge < -0.3 is 0 Å². The fraction of sp³-hybridized carbons (Fsp3) is 0.680. The molecule has 1 nitrogen and oxygen atoms in total. The molecule has 0 spiro atoms. The van der Waals surface area contributed by atoms with E-state index in [0.29, 0.717) is 16.7 Å². The summed E-state index contributed by atoms with van der Waals surface area (Å²) in [5, 5.41) is 0. The van der Waals surface area contributed by atoms with Gasteiger partial charge in [-0.2, -0.15) is 0 Å². The summed E-state index contributed by atoms with van der Waals surface area (Å²) in [6, 6.07) is 5.56. The zero-order valence-corrected chi connectivity index (χ0v) is 17.7. The Balaban J connectivity index is 1.60. The van der Waals surface area contributed by atoms with Crippen LogP contribution in [-0.4, -0.2) is 24.5 Å². The van der Waals surface area contributed by atoms with Crippen molar-refractivity contribution in [1.29, 1.82) is 0 Å². The van der Waals surface area contributed by atoms with Crippen molar-refractivity contribution < 1.29 is 4.39 Å². The summed E-state index contributed by atoms with van der Waals surface area (Å²) in [5.41, 5.74) is 4.66. The zero-order valence-electron chi connectivity index (χ0n) is 17.7. The lowest BCUT2D eigenvalue weighted by atomic mass is 9.59. The van der Waals surface area contributed by atoms with Gasteiger partial charge in [-0.3, -0.25) is 4.90 Å². The molecule has 0 radical (unpaired) electrons. The summed E-state index contributed by atoms with van der Waals surface area (Å²) in [6.07, 6.45) is 9.93. The molecule has 1 aromatic carbocycles. The van der Waals surface area contributed by atoms with Crippen LogP contribution in [-0.2, 0) is 0 Å². The van der Waals surface area contributed by atoms with E-state index >= 15 is 0 Å². The van der Waals surface area contributed by atoms with Crippen molar-refractivity contribution in [2.24, 2.45) is 16.7 Å². The van der Waals surface area contributed by atoms with Gasteiger partial charge in [0, 0.05) is 19.6 Å². The van der Waals surface area contributed by atoms with Gasteiger partial charge in [-0.15, -0.1) is 0 Å². The van der Waals surface area contributed by atoms with Crippen molar-refractivity contribution in [2.75, 3.05) is 19.6 Å². The van der Waals surface area contributed by atoms with Crippen LogP contribution in [0.25, 0.3) is 5.57 Å². The van der Waals surface area contributed by atoms with Gasteiger partial charge >= 0.3 is 0 Å². The lowest BCUT2D eigenvalue weighted by molar-refractivity contribution is 0.0967. The maximum Gasteiger partial charge on any atom is 0.123 e. The van der Waals surface area contributed by atoms with Crippen LogP contribution in [0.4, 0.5) is 4.39 Å². The molecule has 0 saturated heterocycles. The summed E-state index contributed by atoms with van der Waals surface area (Å²) in [7, 11) is 0. The van der Waals surface area contributed by atoms with Crippen LogP contribution >= 0.6 is 0 Å². The van der Waals surface area contributed by atoms with E-state index in [4.69, 9.17) is 0 Å². The van der Waals surface area contributed by atoms with Crippen LogP contribution in [0.3, 0.4) is 0 Å². The Kier molecular flexibility index (Phi) is 4.99. The van der Waals surface area contributed by atoms with E-state index in [1.807, 2.05) is 6.07 Å². The molecule has 3 aliphatic rings. The van der Waals surface area contributed by atoms with E-state index in [0.717, 1.165) is 38.3 Å². The quantitative estimate of drug-likeness (QED) is 0.574. The second kappa shape index (κ2) is 7.03. The smallest absolute Gasteiger partial charge is 0.123 e. The number of halogens is 1. The van der Waals surface area contributed by atoms with Gasteiger partial charge in [0.2, 0.25) is 0 Å². The molecule has 2 aliphatic carbocycles. The van der Waals surface area contributed by atoms with Gasteiger partial charge in [0.05, 0.1) is 0 Å². The highest BCUT2D eigenvalue weighted by Gasteiger charge is 2.39. The molecule has 27 heavy (non-hydrogen) atoms. The van der Waals surface area contributed by atoms with Gasteiger partial charge in [-0.25, -0.2) is 4.39 Å². The summed E-state index contributed by atoms with van der Waals surface area (Å²) in [5.74, 6) is 1.33. The fourth-order valence-electron chi connectivity index (χ4n) is 6.02. The average Bonchev–Trinajstić information content (AvgIpc) is 3.37. The Labute approximate surface area is 165 Å². The van der Waals surface area contributed by atoms with E-state index in [1.54, 1.807) is 6.07 Å². The number of nitrogens with zero attached hydrogens (tertiary/aromatic N) is 1. The molecule has 1 aromatic rings. The lowest BCUT2D eigenvalue weighted by Crippen LogP contribution is -2.33. The molecule has 0 unspecified atom stereocenters. The van der Waals surface area contributed by atoms with Gasteiger partial charge in [-0.05, 0) is 90.0 Å². The molecule has 0 bridgehead atoms. The molecule has 4 rings (SSSR count). The summed E-state index contributed by atoms with van der Waals surface area (Å²) in [6.45, 7) is 13.0. The molecule has 148 valence electrons. The first-order valence-electron chi connectivity index (χ1n) is 10.9. The standard InChI is InChI=1S/C25H36FN/c1-24(2)14-20(15-25(3,4)17-24)23-13-21(26)7-8-22(23)19-9-11-27(12-10-19)16-18-5-6-18/h7-9,13,18,20H,5-6,10-12,14-17H2,1-4H3. The van der Waals surface area contributed by atoms with Crippen molar-refractivity contribution in [2.45, 2.75) is 72.1 Å². The Morgan fingerprint density at radius 1 is 1.07 bits per heavy atom. The van der Waals surface area contributed by atoms with Crippen LogP contribution in [0.1, 0.15) is 83.3 Å². The van der Waals surface area contributed by atoms with E-state index < -0.39 is 0 Å². The highest BCUT2D eigenvalue weighted by molar-refractivity contribution is 5.70. The van der Waals surface area contributed by atoms with Crippen molar-refractivity contribution in [3.05, 3.63) is 41.2 Å². The average molecular weight is 370 g/mol. The van der Waals surface area contributed by atoms with Crippen molar-refractivity contribution in [1.82, 2.24) is 4.90 Å². The molecule has 0 N–H and O–H groups in total. The lowest BCUT2D eigenvalue weighted by Gasteiger charge is -2.45. The van der Waals surface area contributed by atoms with Crippen molar-refractivity contribution in [3.63, 3.8) is 0 Å². The van der Waals surface area contributed by atoms with Crippen LogP contribution in [0, 0.1) is 22.6 Å². The van der Waals surface area contributed by atoms with Gasteiger partial charge in [0.25, 0.3) is 0 Å². The topological polar surface area (TPSA) is 3.24 Å². The third kappa shape index (κ3) is 4.65. The highest BCUT2D eigenvalue weighted by atomic mass is 19.1. The van der Waals surface area contributed by atoms with Crippen LogP contribution in [0.5, 0.6) is 0 Å². The molecule has 1 aliphatic heterocycles. The monoisotopic (exact) mass is 369 g/mol. The predicted molar refractivity (Wildman–Crippen MR) is 112 cm³/mol. The Morgan fingerprint density at radius 3 is 2.37 bits per heavy atom. The van der Waals surface area contributed by atoms with Crippen molar-refractivity contribution >= 4 is 5.57 Å². The normalized spacial score (nSPS) is 26.0. The predicted octanol–water partition coefficient (Wildman–Crippen LogP) is 6.64. The largest absolute Gasteiger partial charge is 0.299 e. The summed E-state index contributed by atoms with van der Waals surface area (Å²) >= 11 is 0. The van der Waals surface area contributed by atoms with E-state index in [1.165, 1.54) is 42.5 Å². The Hall–Kier alpha value is -1.15. The van der Waals surface area contributed by atoms with Crippen LogP contribution < -0.4 is 0 Å². The minimum absolute atomic E-state index is 0.0818. The first-order valence-corrected chi connectivity index (χ1v) is 10.9. The summed E-state index contributed by atoms with van der Waals surface area (Å²) in [4.78, 5) is 2.59. The van der Waals surface area contributed by atoms with E-state index in [-0.39, 0.29) is 5.82 Å². The number of rotatable bonds is 4. The maximum atomic E-state index is 14.2. The SMILES string of the molecule is CC1(C)CC(c2cc(F)ccc2C2=CCN(CC3CC3)CC2)CC(C)(C)C1. The molecular formula is C25H36FN. The fourth-order valence-corrected chi connectivity index (χ4v) is 6.02. The highest BCUT2D eigenvalue weighted by Crippen LogP contribution is 2.52. The van der Waals surface area contributed by atoms with E-state index in [2.05, 4.69) is 44.7 Å². The third-order valence-electron chi connectivity index (χ3n) is 6.86. The number of hydrogen-bond acceptors (Lipinski definition) is 1. The second-order valence-electron chi connectivity index (χ2n) is 11.0. The molecule has 2 heteroatoms. The van der Waals surface area contributed by atoms with Gasteiger partial charge in [-0.1, -0.05) is 39.8 Å². The molecule has 0 atom stereocenters. The first-order chi connectivity index (χ1) is 12.7. The number of hydrogen-bond donors (Lipinski definition) is 0. The Morgan fingerprint density at radius 2 is 1.78 bits per heavy atom. The second-order valence-corrected chi connectivity index (χ2v) is 11.0. The van der Waals surface area contributed by atoms with Gasteiger partial charge in [0.1, 0.15) is 5.82 Å². The van der Waals surface area contributed by atoms with E-state index in [9.17, 15) is 4.39 Å².